The lowest BCUT2D eigenvalue weighted by Gasteiger charge is -2.30. The van der Waals surface area contributed by atoms with Crippen LogP contribution in [0.3, 0.4) is 0 Å². The Morgan fingerprint density at radius 3 is 2.72 bits per heavy atom. The third-order valence-corrected chi connectivity index (χ3v) is 4.41. The van der Waals surface area contributed by atoms with E-state index in [1.165, 1.54) is 19.3 Å². The molecular formula is C13H17BrClNO2. The number of halogens is 2. The van der Waals surface area contributed by atoms with Crippen LogP contribution >= 0.6 is 27.5 Å². The molecule has 5 heteroatoms. The standard InChI is InChI=1S/C13H17BrClNO2/c14-12-6-5-11(18-12)13(17)16-8-10-4-2-1-3-9(10)7-15/h5-6,9-10H,1-4,7-8H2,(H,16,17). The summed E-state index contributed by atoms with van der Waals surface area (Å²) in [6.45, 7) is 0.689. The van der Waals surface area contributed by atoms with Crippen LogP contribution in [-0.4, -0.2) is 18.3 Å². The zero-order chi connectivity index (χ0) is 13.0. The van der Waals surface area contributed by atoms with E-state index in [0.29, 0.717) is 34.7 Å². The Hall–Kier alpha value is -0.480. The molecule has 1 aromatic heterocycles. The van der Waals surface area contributed by atoms with Crippen molar-refractivity contribution in [3.8, 4) is 0 Å². The molecule has 1 amide bonds. The van der Waals surface area contributed by atoms with Crippen LogP contribution in [0.25, 0.3) is 0 Å². The number of carbonyl (C=O) groups excluding carboxylic acids is 1. The van der Waals surface area contributed by atoms with Crippen molar-refractivity contribution in [1.82, 2.24) is 5.32 Å². The summed E-state index contributed by atoms with van der Waals surface area (Å²) in [6.07, 6.45) is 4.82. The molecule has 100 valence electrons. The van der Waals surface area contributed by atoms with Gasteiger partial charge in [-0.1, -0.05) is 12.8 Å². The first kappa shape index (κ1) is 13.9. The molecule has 0 aromatic carbocycles. The van der Waals surface area contributed by atoms with Crippen molar-refractivity contribution < 1.29 is 9.21 Å². The predicted octanol–water partition coefficient (Wildman–Crippen LogP) is 3.82. The molecule has 1 aromatic rings. The fourth-order valence-corrected chi connectivity index (χ4v) is 3.22. The average molecular weight is 335 g/mol. The normalized spacial score (nSPS) is 23.9. The topological polar surface area (TPSA) is 42.2 Å². The molecule has 1 N–H and O–H groups in total. The molecule has 0 spiro atoms. The average Bonchev–Trinajstić information content (AvgIpc) is 2.83. The number of hydrogen-bond acceptors (Lipinski definition) is 2. The lowest BCUT2D eigenvalue weighted by Crippen LogP contribution is -2.34. The molecule has 3 nitrogen and oxygen atoms in total. The fourth-order valence-electron chi connectivity index (χ4n) is 2.50. The molecule has 1 aliphatic carbocycles. The van der Waals surface area contributed by atoms with Crippen molar-refractivity contribution in [2.24, 2.45) is 11.8 Å². The van der Waals surface area contributed by atoms with Crippen LogP contribution in [0.5, 0.6) is 0 Å². The second-order valence-corrected chi connectivity index (χ2v) is 5.86. The predicted molar refractivity (Wildman–Crippen MR) is 74.9 cm³/mol. The number of nitrogens with one attached hydrogen (secondary N) is 1. The summed E-state index contributed by atoms with van der Waals surface area (Å²) < 4.78 is 5.79. The summed E-state index contributed by atoms with van der Waals surface area (Å²) in [7, 11) is 0. The third kappa shape index (κ3) is 3.51. The lowest BCUT2D eigenvalue weighted by molar-refractivity contribution is 0.0907. The van der Waals surface area contributed by atoms with Crippen LogP contribution in [0.1, 0.15) is 36.2 Å². The first-order valence-corrected chi connectivity index (χ1v) is 7.63. The summed E-state index contributed by atoms with van der Waals surface area (Å²) >= 11 is 9.16. The maximum absolute atomic E-state index is 11.8. The van der Waals surface area contributed by atoms with E-state index in [4.69, 9.17) is 16.0 Å². The zero-order valence-electron chi connectivity index (χ0n) is 10.1. The van der Waals surface area contributed by atoms with Gasteiger partial charge in [0, 0.05) is 12.4 Å². The first-order chi connectivity index (χ1) is 8.70. The Morgan fingerprint density at radius 1 is 1.39 bits per heavy atom. The Labute approximate surface area is 120 Å². The maximum atomic E-state index is 11.8. The number of carbonyl (C=O) groups is 1. The van der Waals surface area contributed by atoms with Crippen molar-refractivity contribution in [2.75, 3.05) is 12.4 Å². The molecule has 0 radical (unpaired) electrons. The summed E-state index contributed by atoms with van der Waals surface area (Å²) in [6, 6.07) is 3.39. The van der Waals surface area contributed by atoms with Gasteiger partial charge in [0.2, 0.25) is 0 Å². The number of furan rings is 1. The monoisotopic (exact) mass is 333 g/mol. The lowest BCUT2D eigenvalue weighted by atomic mass is 9.80. The van der Waals surface area contributed by atoms with E-state index in [1.54, 1.807) is 12.1 Å². The van der Waals surface area contributed by atoms with Crippen molar-refractivity contribution in [3.05, 3.63) is 22.6 Å². The molecular weight excluding hydrogens is 318 g/mol. The second kappa shape index (κ2) is 6.62. The Balaban J connectivity index is 1.85. The molecule has 1 fully saturated rings. The largest absolute Gasteiger partial charge is 0.444 e. The minimum Gasteiger partial charge on any atom is -0.444 e. The van der Waals surface area contributed by atoms with Gasteiger partial charge in [0.05, 0.1) is 0 Å². The van der Waals surface area contributed by atoms with E-state index < -0.39 is 0 Å². The van der Waals surface area contributed by atoms with E-state index >= 15 is 0 Å². The quantitative estimate of drug-likeness (QED) is 0.851. The van der Waals surface area contributed by atoms with Crippen LogP contribution in [0.15, 0.2) is 21.2 Å². The Kier molecular flexibility index (Phi) is 5.13. The highest BCUT2D eigenvalue weighted by atomic mass is 79.9. The summed E-state index contributed by atoms with van der Waals surface area (Å²) in [5.41, 5.74) is 0. The van der Waals surface area contributed by atoms with Gasteiger partial charge in [0.25, 0.3) is 5.91 Å². The minimum atomic E-state index is -0.153. The summed E-state index contributed by atoms with van der Waals surface area (Å²) in [4.78, 5) is 11.8. The highest BCUT2D eigenvalue weighted by molar-refractivity contribution is 9.10. The van der Waals surface area contributed by atoms with Gasteiger partial charge in [-0.25, -0.2) is 0 Å². The molecule has 18 heavy (non-hydrogen) atoms. The summed E-state index contributed by atoms with van der Waals surface area (Å²) in [5.74, 6) is 1.91. The highest BCUT2D eigenvalue weighted by Crippen LogP contribution is 2.30. The zero-order valence-corrected chi connectivity index (χ0v) is 12.5. The molecule has 1 saturated carbocycles. The van der Waals surface area contributed by atoms with Gasteiger partial charge >= 0.3 is 0 Å². The van der Waals surface area contributed by atoms with Crippen molar-refractivity contribution in [3.63, 3.8) is 0 Å². The van der Waals surface area contributed by atoms with E-state index in [-0.39, 0.29) is 5.91 Å². The van der Waals surface area contributed by atoms with Crippen LogP contribution in [0.2, 0.25) is 0 Å². The highest BCUT2D eigenvalue weighted by Gasteiger charge is 2.25. The van der Waals surface area contributed by atoms with Gasteiger partial charge in [-0.15, -0.1) is 11.6 Å². The van der Waals surface area contributed by atoms with Crippen LogP contribution in [0, 0.1) is 11.8 Å². The van der Waals surface area contributed by atoms with Crippen LogP contribution in [0.4, 0.5) is 0 Å². The molecule has 1 aliphatic rings. The maximum Gasteiger partial charge on any atom is 0.287 e. The van der Waals surface area contributed by atoms with E-state index in [1.807, 2.05) is 0 Å². The van der Waals surface area contributed by atoms with Gasteiger partial charge in [-0.05, 0) is 52.7 Å². The number of amides is 1. The number of rotatable bonds is 4. The molecule has 2 atom stereocenters. The van der Waals surface area contributed by atoms with E-state index in [9.17, 15) is 4.79 Å². The first-order valence-electron chi connectivity index (χ1n) is 6.30. The van der Waals surface area contributed by atoms with Gasteiger partial charge in [0.15, 0.2) is 10.4 Å². The molecule has 0 saturated heterocycles. The Morgan fingerprint density at radius 2 is 2.11 bits per heavy atom. The number of alkyl halides is 1. The molecule has 0 aliphatic heterocycles. The van der Waals surface area contributed by atoms with Gasteiger partial charge < -0.3 is 9.73 Å². The van der Waals surface area contributed by atoms with Gasteiger partial charge in [-0.3, -0.25) is 4.79 Å². The minimum absolute atomic E-state index is 0.153. The SMILES string of the molecule is O=C(NCC1CCCCC1CCl)c1ccc(Br)o1. The van der Waals surface area contributed by atoms with Crippen molar-refractivity contribution in [2.45, 2.75) is 25.7 Å². The summed E-state index contributed by atoms with van der Waals surface area (Å²) in [5, 5.41) is 2.93. The molecule has 2 unspecified atom stereocenters. The third-order valence-electron chi connectivity index (χ3n) is 3.59. The second-order valence-electron chi connectivity index (χ2n) is 4.77. The van der Waals surface area contributed by atoms with Crippen LogP contribution < -0.4 is 5.32 Å². The molecule has 1 heterocycles. The Bertz CT molecular complexity index is 407. The van der Waals surface area contributed by atoms with Crippen molar-refractivity contribution in [1.29, 1.82) is 0 Å². The van der Waals surface area contributed by atoms with Gasteiger partial charge in [0.1, 0.15) is 0 Å². The van der Waals surface area contributed by atoms with Crippen LogP contribution in [-0.2, 0) is 0 Å². The fraction of sp³-hybridized carbons (Fsp3) is 0.615. The van der Waals surface area contributed by atoms with Gasteiger partial charge in [-0.2, -0.15) is 0 Å². The smallest absolute Gasteiger partial charge is 0.287 e. The van der Waals surface area contributed by atoms with E-state index in [0.717, 1.165) is 6.42 Å². The molecule has 0 bridgehead atoms. The molecule has 2 rings (SSSR count). The van der Waals surface area contributed by atoms with E-state index in [2.05, 4.69) is 21.2 Å². The number of hydrogen-bond donors (Lipinski definition) is 1. The van der Waals surface area contributed by atoms with Crippen molar-refractivity contribution >= 4 is 33.4 Å².